The first-order chi connectivity index (χ1) is 7.62. The van der Waals surface area contributed by atoms with Crippen LogP contribution in [0.1, 0.15) is 5.56 Å². The Hall–Kier alpha value is -0.480. The molecule has 96 valence electrons. The van der Waals surface area contributed by atoms with Crippen LogP contribution in [0, 0.1) is 6.92 Å². The van der Waals surface area contributed by atoms with Crippen LogP contribution in [0.5, 0.6) is 0 Å². The van der Waals surface area contributed by atoms with E-state index in [1.165, 1.54) is 6.07 Å². The molecule has 1 rings (SSSR count). The first-order valence-corrected chi connectivity index (χ1v) is 8.53. The van der Waals surface area contributed by atoms with E-state index in [2.05, 4.69) is 15.9 Å². The molecule has 1 aromatic rings. The first kappa shape index (κ1) is 14.6. The van der Waals surface area contributed by atoms with Crippen LogP contribution in [0.3, 0.4) is 0 Å². The minimum absolute atomic E-state index is 0.0424. The van der Waals surface area contributed by atoms with E-state index in [1.54, 1.807) is 21.8 Å². The van der Waals surface area contributed by atoms with Gasteiger partial charge in [0.2, 0.25) is 10.0 Å². The molecule has 0 atom stereocenters. The van der Waals surface area contributed by atoms with E-state index in [4.69, 9.17) is 0 Å². The van der Waals surface area contributed by atoms with Gasteiger partial charge in [-0.15, -0.1) is 9.66 Å². The van der Waals surface area contributed by atoms with Crippen LogP contribution < -0.4 is 9.66 Å². The van der Waals surface area contributed by atoms with Crippen LogP contribution in [0.15, 0.2) is 27.6 Å². The Morgan fingerprint density at radius 3 is 2.18 bits per heavy atom. The van der Waals surface area contributed by atoms with Crippen molar-refractivity contribution >= 4 is 36.0 Å². The largest absolute Gasteiger partial charge is 0.255 e. The normalized spacial score (nSPS) is 12.6. The van der Waals surface area contributed by atoms with E-state index in [9.17, 15) is 16.8 Å². The van der Waals surface area contributed by atoms with Crippen molar-refractivity contribution in [2.45, 2.75) is 11.8 Å². The first-order valence-electron chi connectivity index (χ1n) is 4.36. The molecular weight excluding hydrogens is 332 g/mol. The number of hydrogen-bond donors (Lipinski definition) is 2. The molecule has 0 spiro atoms. The van der Waals surface area contributed by atoms with Crippen molar-refractivity contribution in [1.82, 2.24) is 9.66 Å². The van der Waals surface area contributed by atoms with Crippen molar-refractivity contribution < 1.29 is 16.8 Å². The Kier molecular flexibility index (Phi) is 4.31. The number of nitrogens with one attached hydrogen (secondary N) is 2. The Morgan fingerprint density at radius 2 is 1.71 bits per heavy atom. The molecule has 2 N–H and O–H groups in total. The third-order valence-electron chi connectivity index (χ3n) is 1.74. The lowest BCUT2D eigenvalue weighted by Crippen LogP contribution is -2.40. The van der Waals surface area contributed by atoms with Gasteiger partial charge in [0.25, 0.3) is 10.0 Å². The molecule has 0 aliphatic carbocycles. The van der Waals surface area contributed by atoms with Gasteiger partial charge in [0.15, 0.2) is 0 Å². The highest BCUT2D eigenvalue weighted by atomic mass is 79.9. The third-order valence-corrected chi connectivity index (χ3v) is 4.56. The van der Waals surface area contributed by atoms with Gasteiger partial charge in [0.05, 0.1) is 11.2 Å². The lowest BCUT2D eigenvalue weighted by atomic mass is 10.2. The van der Waals surface area contributed by atoms with Crippen LogP contribution >= 0.6 is 15.9 Å². The lowest BCUT2D eigenvalue weighted by molar-refractivity contribution is 0.560. The van der Waals surface area contributed by atoms with Gasteiger partial charge in [-0.25, -0.2) is 16.8 Å². The zero-order chi connectivity index (χ0) is 13.3. The van der Waals surface area contributed by atoms with Gasteiger partial charge in [0.1, 0.15) is 0 Å². The van der Waals surface area contributed by atoms with Gasteiger partial charge < -0.3 is 0 Å². The zero-order valence-electron chi connectivity index (χ0n) is 9.06. The van der Waals surface area contributed by atoms with Crippen LogP contribution in [-0.2, 0) is 20.0 Å². The molecule has 0 unspecified atom stereocenters. The number of sulfonamides is 2. The van der Waals surface area contributed by atoms with Crippen LogP contribution in [0.25, 0.3) is 0 Å². The minimum atomic E-state index is -3.93. The Bertz CT molecular complexity index is 625. The average Bonchev–Trinajstić information content (AvgIpc) is 2.13. The fourth-order valence-electron chi connectivity index (χ4n) is 1.01. The summed E-state index contributed by atoms with van der Waals surface area (Å²) < 4.78 is 45.4. The highest BCUT2D eigenvalue weighted by molar-refractivity contribution is 9.10. The predicted molar refractivity (Wildman–Crippen MR) is 67.2 cm³/mol. The molecule has 6 nitrogen and oxygen atoms in total. The van der Waals surface area contributed by atoms with E-state index in [1.807, 2.05) is 6.92 Å². The summed E-state index contributed by atoms with van der Waals surface area (Å²) in [7, 11) is -7.57. The molecule has 0 bridgehead atoms. The molecule has 0 heterocycles. The predicted octanol–water partition coefficient (Wildman–Crippen LogP) is 0.500. The average molecular weight is 343 g/mol. The second-order valence-electron chi connectivity index (χ2n) is 3.41. The molecule has 0 radical (unpaired) electrons. The topological polar surface area (TPSA) is 92.3 Å². The third kappa shape index (κ3) is 4.36. The number of rotatable bonds is 4. The molecule has 0 saturated heterocycles. The Labute approximate surface area is 109 Å². The fourth-order valence-corrected chi connectivity index (χ4v) is 3.86. The second kappa shape index (κ2) is 5.02. The fraction of sp³-hybridized carbons (Fsp3) is 0.250. The summed E-state index contributed by atoms with van der Waals surface area (Å²) in [6, 6.07) is 4.61. The lowest BCUT2D eigenvalue weighted by Gasteiger charge is -2.08. The summed E-state index contributed by atoms with van der Waals surface area (Å²) in [5, 5.41) is 0. The smallest absolute Gasteiger partial charge is 0.211 e. The van der Waals surface area contributed by atoms with Crippen LogP contribution in [0.2, 0.25) is 0 Å². The summed E-state index contributed by atoms with van der Waals surface area (Å²) in [4.78, 5) is 3.45. The molecule has 0 fully saturated rings. The summed E-state index contributed by atoms with van der Waals surface area (Å²) in [6.07, 6.45) is 0.847. The molecule has 0 aromatic heterocycles. The van der Waals surface area contributed by atoms with Crippen molar-refractivity contribution in [3.05, 3.63) is 28.2 Å². The van der Waals surface area contributed by atoms with Crippen molar-refractivity contribution in [1.29, 1.82) is 0 Å². The van der Waals surface area contributed by atoms with Crippen LogP contribution in [0.4, 0.5) is 0 Å². The van der Waals surface area contributed by atoms with Crippen LogP contribution in [-0.4, -0.2) is 23.1 Å². The quantitative estimate of drug-likeness (QED) is 0.779. The number of aryl methyl sites for hydroxylation is 1. The highest BCUT2D eigenvalue weighted by Gasteiger charge is 2.18. The van der Waals surface area contributed by atoms with Gasteiger partial charge in [-0.05, 0) is 40.5 Å². The second-order valence-corrected chi connectivity index (χ2v) is 7.67. The van der Waals surface area contributed by atoms with Gasteiger partial charge in [-0.1, -0.05) is 6.07 Å². The maximum absolute atomic E-state index is 11.7. The number of hydrazine groups is 1. The standard InChI is InChI=1S/C8H11BrN2O4S2/c1-6-3-4-8(7(9)5-6)17(14,15)11-10-16(2,12)13/h3-5,10-11H,1-2H3. The maximum Gasteiger partial charge on any atom is 0.255 e. The van der Waals surface area contributed by atoms with Crippen molar-refractivity contribution in [2.75, 3.05) is 6.26 Å². The van der Waals surface area contributed by atoms with Crippen molar-refractivity contribution in [2.24, 2.45) is 0 Å². The number of hydrogen-bond acceptors (Lipinski definition) is 4. The molecule has 0 saturated carbocycles. The van der Waals surface area contributed by atoms with E-state index < -0.39 is 20.0 Å². The molecule has 0 aliphatic rings. The van der Waals surface area contributed by atoms with E-state index in [-0.39, 0.29) is 4.90 Å². The van der Waals surface area contributed by atoms with Gasteiger partial charge >= 0.3 is 0 Å². The minimum Gasteiger partial charge on any atom is -0.211 e. The monoisotopic (exact) mass is 342 g/mol. The molecule has 1 aromatic carbocycles. The molecule has 17 heavy (non-hydrogen) atoms. The number of halogens is 1. The summed E-state index contributed by atoms with van der Waals surface area (Å²) in [5.41, 5.74) is 0.881. The summed E-state index contributed by atoms with van der Waals surface area (Å²) in [6.45, 7) is 1.81. The van der Waals surface area contributed by atoms with Gasteiger partial charge in [0, 0.05) is 4.47 Å². The van der Waals surface area contributed by atoms with Crippen molar-refractivity contribution in [3.8, 4) is 0 Å². The molecule has 9 heteroatoms. The zero-order valence-corrected chi connectivity index (χ0v) is 12.3. The maximum atomic E-state index is 11.7. The van der Waals surface area contributed by atoms with E-state index in [0.717, 1.165) is 11.8 Å². The Morgan fingerprint density at radius 1 is 1.12 bits per heavy atom. The van der Waals surface area contributed by atoms with Gasteiger partial charge in [-0.3, -0.25) is 0 Å². The Balaban J connectivity index is 3.06. The molecule has 0 aliphatic heterocycles. The summed E-state index contributed by atoms with van der Waals surface area (Å²) >= 11 is 3.11. The van der Waals surface area contributed by atoms with Crippen molar-refractivity contribution in [3.63, 3.8) is 0 Å². The highest BCUT2D eigenvalue weighted by Crippen LogP contribution is 2.22. The SMILES string of the molecule is Cc1ccc(S(=O)(=O)NNS(C)(=O)=O)c(Br)c1. The number of benzene rings is 1. The van der Waals surface area contributed by atoms with E-state index >= 15 is 0 Å². The molecule has 0 amide bonds. The summed E-state index contributed by atoms with van der Waals surface area (Å²) in [5.74, 6) is 0. The van der Waals surface area contributed by atoms with E-state index in [0.29, 0.717) is 4.47 Å². The molecular formula is C8H11BrN2O4S2. The van der Waals surface area contributed by atoms with Gasteiger partial charge in [-0.2, -0.15) is 0 Å².